The molecule has 17 heteroatoms. The smallest absolute Gasteiger partial charge is 0.317 e. The Balaban J connectivity index is 0.815. The maximum Gasteiger partial charge on any atom is 0.317 e. The number of piperidine rings is 1. The van der Waals surface area contributed by atoms with E-state index in [9.17, 15) is 33.6 Å². The number of carbonyl (C=O) groups excluding carboxylic acids is 6. The zero-order valence-corrected chi connectivity index (χ0v) is 35.8. The minimum Gasteiger partial charge on any atom is -0.496 e. The molecule has 1 saturated heterocycles. The second-order valence-electron chi connectivity index (χ2n) is 17.2. The van der Waals surface area contributed by atoms with Gasteiger partial charge in [-0.2, -0.15) is 0 Å². The van der Waals surface area contributed by atoms with Crippen molar-refractivity contribution < 1.29 is 43.0 Å². The first-order valence-corrected chi connectivity index (χ1v) is 21.1. The Morgan fingerprint density at radius 1 is 0.919 bits per heavy atom. The molecule has 3 aromatic rings. The number of amides is 7. The highest BCUT2D eigenvalue weighted by atomic mass is 16.5. The van der Waals surface area contributed by atoms with E-state index in [0.29, 0.717) is 56.1 Å². The zero-order chi connectivity index (χ0) is 44.1. The van der Waals surface area contributed by atoms with Crippen molar-refractivity contribution in [3.05, 3.63) is 74.7 Å². The highest BCUT2D eigenvalue weighted by molar-refractivity contribution is 6.24. The van der Waals surface area contributed by atoms with Gasteiger partial charge in [-0.15, -0.1) is 0 Å². The highest BCUT2D eigenvalue weighted by Gasteiger charge is 2.72. The third kappa shape index (κ3) is 7.24. The number of aryl methyl sites for hydroxylation is 1. The van der Waals surface area contributed by atoms with Crippen LogP contribution in [0, 0.1) is 5.41 Å². The van der Waals surface area contributed by atoms with Gasteiger partial charge in [0.1, 0.15) is 23.3 Å². The van der Waals surface area contributed by atoms with Gasteiger partial charge >= 0.3 is 6.03 Å². The van der Waals surface area contributed by atoms with Crippen LogP contribution in [-0.2, 0) is 40.9 Å². The Hall–Kier alpha value is -6.23. The van der Waals surface area contributed by atoms with E-state index in [1.807, 2.05) is 18.3 Å². The van der Waals surface area contributed by atoms with Gasteiger partial charge in [0.25, 0.3) is 17.4 Å². The van der Waals surface area contributed by atoms with E-state index in [1.54, 1.807) is 49.9 Å². The molecule has 1 unspecified atom stereocenters. The van der Waals surface area contributed by atoms with E-state index < -0.39 is 29.7 Å². The summed E-state index contributed by atoms with van der Waals surface area (Å²) in [6.45, 7) is 2.11. The second kappa shape index (κ2) is 16.6. The Bertz CT molecular complexity index is 2400. The van der Waals surface area contributed by atoms with Gasteiger partial charge < -0.3 is 34.3 Å². The van der Waals surface area contributed by atoms with E-state index >= 15 is 0 Å². The summed E-state index contributed by atoms with van der Waals surface area (Å²) in [6, 6.07) is 7.50. The average Bonchev–Trinajstić information content (AvgIpc) is 3.49. The first kappa shape index (κ1) is 42.5. The molecule has 6 aliphatic rings. The van der Waals surface area contributed by atoms with Crippen LogP contribution in [0.1, 0.15) is 88.8 Å². The minimum absolute atomic E-state index is 0.0460. The molecule has 0 spiro atoms. The van der Waals surface area contributed by atoms with Crippen LogP contribution in [-0.4, -0.2) is 114 Å². The van der Waals surface area contributed by atoms with Crippen molar-refractivity contribution in [2.75, 3.05) is 48.0 Å². The van der Waals surface area contributed by atoms with Crippen LogP contribution < -0.4 is 35.7 Å². The molecular weight excluding hydrogens is 799 g/mol. The van der Waals surface area contributed by atoms with Crippen molar-refractivity contribution in [3.8, 4) is 28.4 Å². The summed E-state index contributed by atoms with van der Waals surface area (Å²) in [7, 11) is 8.63. The van der Waals surface area contributed by atoms with Crippen LogP contribution in [0.25, 0.3) is 11.1 Å². The van der Waals surface area contributed by atoms with E-state index in [1.165, 1.54) is 6.07 Å². The van der Waals surface area contributed by atoms with Crippen molar-refractivity contribution in [1.82, 2.24) is 35.2 Å². The number of fused-ring (bicyclic) bond motifs is 2. The molecule has 62 heavy (non-hydrogen) atoms. The molecule has 17 nitrogen and oxygen atoms in total. The van der Waals surface area contributed by atoms with E-state index in [2.05, 4.69) is 27.9 Å². The lowest BCUT2D eigenvalue weighted by Crippen LogP contribution is -2.77. The SMILES string of the molecule is CNC(=O)N1CCc2c(-c3cc(OC)c(CN(C)C45CC(C(=O)NCCCCCOc6cccc7c6C(=O)N(C6CCC(=O)NC6=O)C7=O)(C4)C5)c(OC)c3)cn(C)c(=O)c2C1. The first-order valence-electron chi connectivity index (χ1n) is 21.1. The van der Waals surface area contributed by atoms with Crippen molar-refractivity contribution in [2.24, 2.45) is 12.5 Å². The summed E-state index contributed by atoms with van der Waals surface area (Å²) >= 11 is 0. The molecule has 1 aromatic heterocycles. The number of unbranched alkanes of at least 4 members (excludes halogenated alkanes) is 2. The number of pyridine rings is 1. The summed E-state index contributed by atoms with van der Waals surface area (Å²) in [6.07, 6.45) is 6.98. The minimum atomic E-state index is -1.04. The maximum absolute atomic E-state index is 13.4. The Labute approximate surface area is 359 Å². The Kier molecular flexibility index (Phi) is 11.3. The number of hydrogen-bond acceptors (Lipinski definition) is 11. The number of carbonyl (C=O) groups is 6. The lowest BCUT2D eigenvalue weighted by atomic mass is 9.38. The zero-order valence-electron chi connectivity index (χ0n) is 35.8. The molecule has 4 fully saturated rings. The number of rotatable bonds is 15. The number of aromatic nitrogens is 1. The van der Waals surface area contributed by atoms with Gasteiger partial charge in [0.2, 0.25) is 17.7 Å². The van der Waals surface area contributed by atoms with Gasteiger partial charge in [-0.3, -0.25) is 43.9 Å². The molecule has 4 heterocycles. The van der Waals surface area contributed by atoms with Crippen molar-refractivity contribution in [3.63, 3.8) is 0 Å². The summed E-state index contributed by atoms with van der Waals surface area (Å²) in [5, 5.41) is 8.00. The van der Waals surface area contributed by atoms with E-state index in [-0.39, 0.29) is 64.7 Å². The second-order valence-corrected chi connectivity index (χ2v) is 17.2. The molecule has 2 bridgehead atoms. The van der Waals surface area contributed by atoms with E-state index in [0.717, 1.165) is 59.3 Å². The van der Waals surface area contributed by atoms with Gasteiger partial charge in [-0.25, -0.2) is 4.79 Å². The van der Waals surface area contributed by atoms with Gasteiger partial charge in [0, 0.05) is 63.0 Å². The summed E-state index contributed by atoms with van der Waals surface area (Å²) in [5.41, 5.74) is 3.86. The molecule has 0 radical (unpaired) electrons. The number of nitrogens with one attached hydrogen (secondary N) is 3. The number of nitrogens with zero attached hydrogens (tertiary/aromatic N) is 4. The average molecular weight is 852 g/mol. The van der Waals surface area contributed by atoms with Crippen molar-refractivity contribution in [1.29, 1.82) is 0 Å². The van der Waals surface area contributed by atoms with Crippen LogP contribution in [0.5, 0.6) is 17.2 Å². The molecule has 9 rings (SSSR count). The molecule has 3 aliphatic heterocycles. The van der Waals surface area contributed by atoms with E-state index in [4.69, 9.17) is 14.2 Å². The number of methoxy groups -OCH3 is 2. The predicted molar refractivity (Wildman–Crippen MR) is 225 cm³/mol. The monoisotopic (exact) mass is 851 g/mol. The standard InChI is InChI=1S/C45H53N7O10/c1-46-43(59)51-16-14-27-29(20-49(2)39(55)30(27)22-51)26-18-34(60-4)31(35(19-26)61-5)21-50(3)45-23-44(24-45,25-45)42(58)47-15-7-6-8-17-62-33-11-9-10-28-37(33)41(57)52(40(28)56)32-12-13-36(53)48-38(32)54/h9-11,18-20,32H,6-8,12-17,21-25H2,1-5H3,(H,46,59)(H,47,58)(H,48,53,54). The lowest BCUT2D eigenvalue weighted by molar-refractivity contribution is -0.215. The first-order chi connectivity index (χ1) is 29.7. The quantitative estimate of drug-likeness (QED) is 0.150. The number of urea groups is 1. The fourth-order valence-corrected chi connectivity index (χ4v) is 10.0. The Morgan fingerprint density at radius 2 is 1.65 bits per heavy atom. The van der Waals surface area contributed by atoms with Crippen LogP contribution in [0.15, 0.2) is 41.3 Å². The predicted octanol–water partition coefficient (Wildman–Crippen LogP) is 2.89. The van der Waals surface area contributed by atoms with Crippen LogP contribution in [0.3, 0.4) is 0 Å². The van der Waals surface area contributed by atoms with Gasteiger partial charge in [0.15, 0.2) is 0 Å². The third-order valence-electron chi connectivity index (χ3n) is 13.5. The largest absolute Gasteiger partial charge is 0.496 e. The fourth-order valence-electron chi connectivity index (χ4n) is 10.0. The van der Waals surface area contributed by atoms with Gasteiger partial charge in [-0.05, 0) is 93.8 Å². The molecule has 7 amide bonds. The number of ether oxygens (including phenoxy) is 3. The third-order valence-corrected chi connectivity index (χ3v) is 13.5. The van der Waals surface area contributed by atoms with Gasteiger partial charge in [0.05, 0.1) is 49.5 Å². The van der Waals surface area contributed by atoms with Crippen LogP contribution >= 0.6 is 0 Å². The van der Waals surface area contributed by atoms with Gasteiger partial charge in [-0.1, -0.05) is 6.07 Å². The Morgan fingerprint density at radius 3 is 2.32 bits per heavy atom. The van der Waals surface area contributed by atoms with Crippen LogP contribution in [0.2, 0.25) is 0 Å². The van der Waals surface area contributed by atoms with Crippen molar-refractivity contribution >= 4 is 35.6 Å². The fraction of sp³-hybridized carbons (Fsp3) is 0.489. The molecule has 3 N–H and O–H groups in total. The van der Waals surface area contributed by atoms with Crippen molar-refractivity contribution in [2.45, 2.75) is 82.5 Å². The topological polar surface area (TPSA) is 198 Å². The normalized spacial score (nSPS) is 22.3. The summed E-state index contributed by atoms with van der Waals surface area (Å²) in [5.74, 6) is -0.604. The lowest BCUT2D eigenvalue weighted by Gasteiger charge is -2.72. The summed E-state index contributed by atoms with van der Waals surface area (Å²) < 4.78 is 19.4. The number of hydrogen-bond donors (Lipinski definition) is 3. The molecule has 1 atom stereocenters. The molecule has 3 saturated carbocycles. The summed E-state index contributed by atoms with van der Waals surface area (Å²) in [4.78, 5) is 94.3. The molecule has 2 aromatic carbocycles. The molecular formula is C45H53N7O10. The van der Waals surface area contributed by atoms with Crippen LogP contribution in [0.4, 0.5) is 4.79 Å². The highest BCUT2D eigenvalue weighted by Crippen LogP contribution is 2.70. The molecule has 328 valence electrons. The molecule has 3 aliphatic carbocycles. The maximum atomic E-state index is 13.4. The number of imide groups is 2. The number of benzene rings is 2.